The zero-order valence-electron chi connectivity index (χ0n) is 17.3. The number of alkyl halides is 3. The van der Waals surface area contributed by atoms with Crippen molar-refractivity contribution >= 4 is 11.9 Å². The second-order valence-electron chi connectivity index (χ2n) is 8.33. The highest BCUT2D eigenvalue weighted by Gasteiger charge is 2.53. The zero-order chi connectivity index (χ0) is 22.9. The van der Waals surface area contributed by atoms with Crippen molar-refractivity contribution in [3.8, 4) is 0 Å². The van der Waals surface area contributed by atoms with Gasteiger partial charge in [0.1, 0.15) is 5.54 Å². The number of rotatable bonds is 5. The Hall–Kier alpha value is -2.91. The molecule has 0 aromatic heterocycles. The van der Waals surface area contributed by atoms with Gasteiger partial charge in [0.25, 0.3) is 5.91 Å². The second kappa shape index (κ2) is 8.55. The van der Waals surface area contributed by atoms with Crippen molar-refractivity contribution in [2.45, 2.75) is 37.2 Å². The summed E-state index contributed by atoms with van der Waals surface area (Å²) in [5.74, 6) is -0.510. The van der Waals surface area contributed by atoms with Crippen LogP contribution in [0.4, 0.5) is 18.0 Å². The fourth-order valence-electron chi connectivity index (χ4n) is 4.56. The van der Waals surface area contributed by atoms with Gasteiger partial charge in [0.05, 0.1) is 18.2 Å². The molecule has 6 nitrogen and oxygen atoms in total. The van der Waals surface area contributed by atoms with Gasteiger partial charge in [0, 0.05) is 13.1 Å². The molecule has 0 bridgehead atoms. The Morgan fingerprint density at radius 3 is 2.47 bits per heavy atom. The lowest BCUT2D eigenvalue weighted by molar-refractivity contribution is -0.139. The first kappa shape index (κ1) is 22.3. The van der Waals surface area contributed by atoms with E-state index in [0.29, 0.717) is 25.9 Å². The van der Waals surface area contributed by atoms with E-state index < -0.39 is 41.9 Å². The molecule has 2 heterocycles. The average Bonchev–Trinajstić information content (AvgIpc) is 2.97. The fraction of sp³-hybridized carbons (Fsp3) is 0.391. The summed E-state index contributed by atoms with van der Waals surface area (Å²) in [5, 5.41) is 13.3. The number of urea groups is 1. The van der Waals surface area contributed by atoms with Crippen molar-refractivity contribution in [1.29, 1.82) is 0 Å². The largest absolute Gasteiger partial charge is 0.416 e. The molecule has 2 N–H and O–H groups in total. The van der Waals surface area contributed by atoms with Crippen LogP contribution in [0.1, 0.15) is 35.6 Å². The van der Waals surface area contributed by atoms with Crippen LogP contribution in [-0.4, -0.2) is 52.0 Å². The van der Waals surface area contributed by atoms with Crippen LogP contribution in [0, 0.1) is 0 Å². The lowest BCUT2D eigenvalue weighted by atomic mass is 9.88. The number of aliphatic hydroxyl groups is 1. The number of hydrogen-bond acceptors (Lipinski definition) is 4. The molecule has 2 aliphatic rings. The van der Waals surface area contributed by atoms with Gasteiger partial charge in [0.2, 0.25) is 0 Å². The zero-order valence-corrected chi connectivity index (χ0v) is 17.3. The summed E-state index contributed by atoms with van der Waals surface area (Å²) in [6.07, 6.45) is -5.18. The first-order chi connectivity index (χ1) is 15.2. The Kier molecular flexibility index (Phi) is 5.96. The minimum absolute atomic E-state index is 0.304. The van der Waals surface area contributed by atoms with Gasteiger partial charge in [-0.25, -0.2) is 4.79 Å². The Balaban J connectivity index is 1.49. The SMILES string of the molecule is O=C1NC2(CCCN(Cc3ccccc3)C2)C(=O)N1CC(O)c1ccccc1C(F)(F)F. The average molecular weight is 447 g/mol. The number of halogens is 3. The Labute approximate surface area is 183 Å². The molecule has 2 saturated heterocycles. The van der Waals surface area contributed by atoms with Crippen molar-refractivity contribution < 1.29 is 27.9 Å². The number of carbonyl (C=O) groups is 2. The number of piperidine rings is 1. The lowest BCUT2D eigenvalue weighted by Gasteiger charge is -2.38. The van der Waals surface area contributed by atoms with E-state index in [0.717, 1.165) is 29.1 Å². The summed E-state index contributed by atoms with van der Waals surface area (Å²) >= 11 is 0. The molecular formula is C23H24F3N3O3. The molecular weight excluding hydrogens is 423 g/mol. The second-order valence-corrected chi connectivity index (χ2v) is 8.33. The molecule has 2 aromatic rings. The number of amides is 3. The van der Waals surface area contributed by atoms with Crippen LogP contribution < -0.4 is 5.32 Å². The predicted octanol–water partition coefficient (Wildman–Crippen LogP) is 3.33. The first-order valence-electron chi connectivity index (χ1n) is 10.4. The van der Waals surface area contributed by atoms with Gasteiger partial charge in [0.15, 0.2) is 0 Å². The van der Waals surface area contributed by atoms with Crippen LogP contribution in [-0.2, 0) is 17.5 Å². The Morgan fingerprint density at radius 2 is 1.75 bits per heavy atom. The van der Waals surface area contributed by atoms with E-state index >= 15 is 0 Å². The van der Waals surface area contributed by atoms with E-state index in [1.807, 2.05) is 30.3 Å². The Morgan fingerprint density at radius 1 is 1.06 bits per heavy atom. The smallest absolute Gasteiger partial charge is 0.387 e. The van der Waals surface area contributed by atoms with Crippen LogP contribution in [0.5, 0.6) is 0 Å². The molecule has 32 heavy (non-hydrogen) atoms. The van der Waals surface area contributed by atoms with Crippen LogP contribution >= 0.6 is 0 Å². The number of imide groups is 1. The molecule has 1 spiro atoms. The van der Waals surface area contributed by atoms with Crippen LogP contribution in [0.15, 0.2) is 54.6 Å². The molecule has 2 aromatic carbocycles. The molecule has 0 radical (unpaired) electrons. The number of aliphatic hydroxyl groups excluding tert-OH is 1. The quantitative estimate of drug-likeness (QED) is 0.690. The van der Waals surface area contributed by atoms with Gasteiger partial charge in [-0.1, -0.05) is 48.5 Å². The summed E-state index contributed by atoms with van der Waals surface area (Å²) in [4.78, 5) is 28.8. The third kappa shape index (κ3) is 4.35. The van der Waals surface area contributed by atoms with Gasteiger partial charge in [-0.3, -0.25) is 14.6 Å². The van der Waals surface area contributed by atoms with E-state index in [1.54, 1.807) is 0 Å². The number of β-amino-alcohol motifs (C(OH)–C–C–N with tert-alkyl or cyclic N) is 1. The minimum Gasteiger partial charge on any atom is -0.387 e. The molecule has 4 rings (SSSR count). The predicted molar refractivity (Wildman–Crippen MR) is 110 cm³/mol. The van der Waals surface area contributed by atoms with E-state index in [4.69, 9.17) is 0 Å². The monoisotopic (exact) mass is 447 g/mol. The van der Waals surface area contributed by atoms with Gasteiger partial charge in [-0.2, -0.15) is 13.2 Å². The summed E-state index contributed by atoms with van der Waals surface area (Å²) in [6, 6.07) is 13.7. The highest BCUT2D eigenvalue weighted by Crippen LogP contribution is 2.36. The summed E-state index contributed by atoms with van der Waals surface area (Å²) < 4.78 is 39.9. The molecule has 3 amide bonds. The van der Waals surface area contributed by atoms with Crippen LogP contribution in [0.25, 0.3) is 0 Å². The van der Waals surface area contributed by atoms with Crippen LogP contribution in [0.3, 0.4) is 0 Å². The highest BCUT2D eigenvalue weighted by molar-refractivity contribution is 6.07. The number of hydrogen-bond donors (Lipinski definition) is 2. The lowest BCUT2D eigenvalue weighted by Crippen LogP contribution is -2.58. The normalized spacial score (nSPS) is 22.9. The van der Waals surface area contributed by atoms with Crippen LogP contribution in [0.2, 0.25) is 0 Å². The van der Waals surface area contributed by atoms with Crippen molar-refractivity contribution in [2.24, 2.45) is 0 Å². The fourth-order valence-corrected chi connectivity index (χ4v) is 4.56. The third-order valence-electron chi connectivity index (χ3n) is 6.05. The van der Waals surface area contributed by atoms with Gasteiger partial charge < -0.3 is 10.4 Å². The molecule has 2 unspecified atom stereocenters. The van der Waals surface area contributed by atoms with Gasteiger partial charge >= 0.3 is 12.2 Å². The summed E-state index contributed by atoms with van der Waals surface area (Å²) in [6.45, 7) is 1.14. The molecule has 0 saturated carbocycles. The first-order valence-corrected chi connectivity index (χ1v) is 10.4. The van der Waals surface area contributed by atoms with Crippen molar-refractivity contribution in [3.05, 3.63) is 71.3 Å². The Bertz CT molecular complexity index is 999. The number of nitrogens with zero attached hydrogens (tertiary/aromatic N) is 2. The highest BCUT2D eigenvalue weighted by atomic mass is 19.4. The number of likely N-dealkylation sites (tertiary alicyclic amines) is 1. The van der Waals surface area contributed by atoms with Crippen molar-refractivity contribution in [2.75, 3.05) is 19.6 Å². The summed E-state index contributed by atoms with van der Waals surface area (Å²) in [7, 11) is 0. The molecule has 170 valence electrons. The van der Waals surface area contributed by atoms with E-state index in [-0.39, 0.29) is 5.56 Å². The molecule has 2 fully saturated rings. The van der Waals surface area contributed by atoms with Gasteiger partial charge in [-0.15, -0.1) is 0 Å². The third-order valence-corrected chi connectivity index (χ3v) is 6.05. The number of benzene rings is 2. The maximum absolute atomic E-state index is 13.3. The maximum atomic E-state index is 13.3. The molecule has 9 heteroatoms. The number of nitrogens with one attached hydrogen (secondary N) is 1. The van der Waals surface area contributed by atoms with Crippen molar-refractivity contribution in [3.63, 3.8) is 0 Å². The topological polar surface area (TPSA) is 72.9 Å². The van der Waals surface area contributed by atoms with E-state index in [9.17, 15) is 27.9 Å². The molecule has 2 atom stereocenters. The minimum atomic E-state index is -4.66. The molecule has 0 aliphatic carbocycles. The van der Waals surface area contributed by atoms with Gasteiger partial charge in [-0.05, 0) is 36.6 Å². The standard InChI is InChI=1S/C23H24F3N3O3/c24-23(25,26)18-10-5-4-9-17(18)19(30)14-29-20(31)22(27-21(29)32)11-6-12-28(15-22)13-16-7-2-1-3-8-16/h1-5,7-10,19,30H,6,11-15H2,(H,27,32). The van der Waals surface area contributed by atoms with E-state index in [1.165, 1.54) is 12.1 Å². The summed E-state index contributed by atoms with van der Waals surface area (Å²) in [5.41, 5.74) is -1.40. The van der Waals surface area contributed by atoms with Crippen molar-refractivity contribution in [1.82, 2.24) is 15.1 Å². The molecule has 2 aliphatic heterocycles. The maximum Gasteiger partial charge on any atom is 0.416 e. The number of carbonyl (C=O) groups excluding carboxylic acids is 2. The van der Waals surface area contributed by atoms with E-state index in [2.05, 4.69) is 10.2 Å².